The summed E-state index contributed by atoms with van der Waals surface area (Å²) in [6, 6.07) is 0. The number of rotatable bonds is 2. The van der Waals surface area contributed by atoms with Crippen molar-refractivity contribution in [2.24, 2.45) is 4.99 Å². The minimum atomic E-state index is -1.20. The van der Waals surface area contributed by atoms with Gasteiger partial charge in [0.25, 0.3) is 0 Å². The van der Waals surface area contributed by atoms with Gasteiger partial charge in [-0.05, 0) is 0 Å². The Morgan fingerprint density at radius 2 is 1.44 bits per heavy atom. The Morgan fingerprint density at radius 3 is 1.78 bits per heavy atom. The van der Waals surface area contributed by atoms with Crippen molar-refractivity contribution in [2.75, 3.05) is 20.8 Å². The lowest BCUT2D eigenvalue weighted by Crippen LogP contribution is -2.53. The summed E-state index contributed by atoms with van der Waals surface area (Å²) in [6.45, 7) is -0.582. The molecule has 0 fully saturated rings. The number of carboxylic acids is 1. The van der Waals surface area contributed by atoms with E-state index in [1.54, 1.807) is 0 Å². The Balaban J connectivity index is 4.32. The average Bonchev–Trinajstić information content (AvgIpc) is 2.36. The first-order chi connectivity index (χ1) is 8.49. The Morgan fingerprint density at radius 1 is 1.00 bits per heavy atom. The highest BCUT2D eigenvalue weighted by atomic mass is 16.5. The third-order valence-corrected chi connectivity index (χ3v) is 1.31. The molecule has 0 bridgehead atoms. The predicted molar refractivity (Wildman–Crippen MR) is 57.3 cm³/mol. The van der Waals surface area contributed by atoms with E-state index in [4.69, 9.17) is 5.11 Å². The van der Waals surface area contributed by atoms with Crippen LogP contribution in [0.3, 0.4) is 0 Å². The maximum absolute atomic E-state index is 10.7. The van der Waals surface area contributed by atoms with Gasteiger partial charge in [0.15, 0.2) is 0 Å². The summed E-state index contributed by atoms with van der Waals surface area (Å²) in [4.78, 5) is 35.3. The average molecular weight is 263 g/mol. The molecule has 0 aliphatic carbocycles. The van der Waals surface area contributed by atoms with E-state index in [-0.39, 0.29) is 5.96 Å². The van der Waals surface area contributed by atoms with Gasteiger partial charge in [0.2, 0.25) is 5.96 Å². The van der Waals surface area contributed by atoms with Gasteiger partial charge in [-0.2, -0.15) is 0 Å². The first kappa shape index (κ1) is 15.3. The zero-order valence-electron chi connectivity index (χ0n) is 9.64. The first-order valence-corrected chi connectivity index (χ1v) is 4.45. The molecule has 0 spiro atoms. The second kappa shape index (κ2) is 8.43. The molecular formula is C7H13N5O6. The molecule has 11 heteroatoms. The van der Waals surface area contributed by atoms with E-state index in [0.29, 0.717) is 0 Å². The van der Waals surface area contributed by atoms with E-state index >= 15 is 0 Å². The Labute approximate surface area is 101 Å². The molecule has 11 nitrogen and oxygen atoms in total. The van der Waals surface area contributed by atoms with Gasteiger partial charge in [0.1, 0.15) is 6.54 Å². The van der Waals surface area contributed by atoms with Crippen LogP contribution in [0.25, 0.3) is 0 Å². The first-order valence-electron chi connectivity index (χ1n) is 4.45. The Kier molecular flexibility index (Phi) is 7.16. The zero-order valence-corrected chi connectivity index (χ0v) is 9.64. The minimum Gasteiger partial charge on any atom is -0.480 e. The number of hydrogen-bond acceptors (Lipinski definition) is 6. The van der Waals surface area contributed by atoms with Crippen LogP contribution < -0.4 is 21.7 Å². The lowest BCUT2D eigenvalue weighted by Gasteiger charge is -2.12. The van der Waals surface area contributed by atoms with Crippen molar-refractivity contribution in [1.82, 2.24) is 21.7 Å². The summed E-state index contributed by atoms with van der Waals surface area (Å²) >= 11 is 0. The number of aliphatic imine (C=N–C) groups is 1. The number of carbonyl (C=O) groups excluding carboxylic acids is 2. The summed E-state index contributed by atoms with van der Waals surface area (Å²) in [6.07, 6.45) is -1.67. The maximum atomic E-state index is 10.7. The van der Waals surface area contributed by atoms with Crippen molar-refractivity contribution in [3.8, 4) is 0 Å². The molecule has 0 saturated carbocycles. The van der Waals surface area contributed by atoms with Crippen LogP contribution in [0.15, 0.2) is 4.99 Å². The number of nitrogens with one attached hydrogen (secondary N) is 4. The highest BCUT2D eigenvalue weighted by Crippen LogP contribution is 1.74. The summed E-state index contributed by atoms with van der Waals surface area (Å²) < 4.78 is 8.50. The lowest BCUT2D eigenvalue weighted by molar-refractivity contribution is -0.135. The van der Waals surface area contributed by atoms with Gasteiger partial charge in [-0.25, -0.2) is 25.4 Å². The number of hydrazine groups is 2. The summed E-state index contributed by atoms with van der Waals surface area (Å²) in [5, 5.41) is 8.42. The van der Waals surface area contributed by atoms with Gasteiger partial charge < -0.3 is 14.6 Å². The lowest BCUT2D eigenvalue weighted by atomic mass is 10.7. The summed E-state index contributed by atoms with van der Waals surface area (Å²) in [5.41, 5.74) is 8.39. The summed E-state index contributed by atoms with van der Waals surface area (Å²) in [5.74, 6) is -1.43. The van der Waals surface area contributed by atoms with Gasteiger partial charge in [0.05, 0.1) is 14.2 Å². The SMILES string of the molecule is COC(=O)NNC(=NCC(=O)O)NNC(=O)OC. The van der Waals surface area contributed by atoms with E-state index in [0.717, 1.165) is 14.2 Å². The number of nitrogens with zero attached hydrogens (tertiary/aromatic N) is 1. The monoisotopic (exact) mass is 263 g/mol. The third-order valence-electron chi connectivity index (χ3n) is 1.31. The number of carbonyl (C=O) groups is 3. The quantitative estimate of drug-likeness (QED) is 0.221. The van der Waals surface area contributed by atoms with Crippen molar-refractivity contribution in [2.45, 2.75) is 0 Å². The molecule has 0 aliphatic rings. The van der Waals surface area contributed by atoms with E-state index in [2.05, 4.69) is 25.3 Å². The molecule has 0 aromatic rings. The molecule has 0 aliphatic heterocycles. The molecular weight excluding hydrogens is 250 g/mol. The van der Waals surface area contributed by atoms with Crippen molar-refractivity contribution in [1.29, 1.82) is 0 Å². The van der Waals surface area contributed by atoms with E-state index in [1.165, 1.54) is 0 Å². The van der Waals surface area contributed by atoms with Crippen molar-refractivity contribution in [3.05, 3.63) is 0 Å². The number of aliphatic carboxylic acids is 1. The Bertz CT molecular complexity index is 321. The van der Waals surface area contributed by atoms with Crippen LogP contribution in [0, 0.1) is 0 Å². The molecule has 0 unspecified atom stereocenters. The number of guanidine groups is 1. The molecule has 2 amide bonds. The molecule has 0 rings (SSSR count). The van der Waals surface area contributed by atoms with Crippen LogP contribution >= 0.6 is 0 Å². The molecule has 0 heterocycles. The fraction of sp³-hybridized carbons (Fsp3) is 0.429. The van der Waals surface area contributed by atoms with E-state index in [1.807, 2.05) is 10.9 Å². The largest absolute Gasteiger partial charge is 0.480 e. The number of hydrogen-bond donors (Lipinski definition) is 5. The molecule has 0 aromatic heterocycles. The third kappa shape index (κ3) is 7.56. The minimum absolute atomic E-state index is 0.229. The fourth-order valence-electron chi connectivity index (χ4n) is 0.580. The van der Waals surface area contributed by atoms with Crippen LogP contribution in [0.5, 0.6) is 0 Å². The molecule has 0 aromatic carbocycles. The van der Waals surface area contributed by atoms with E-state index < -0.39 is 24.7 Å². The van der Waals surface area contributed by atoms with Crippen molar-refractivity contribution >= 4 is 24.1 Å². The topological polar surface area (TPSA) is 150 Å². The van der Waals surface area contributed by atoms with Crippen molar-refractivity contribution < 1.29 is 29.0 Å². The fourth-order valence-corrected chi connectivity index (χ4v) is 0.580. The Hall–Kier alpha value is -2.72. The van der Waals surface area contributed by atoms with Gasteiger partial charge >= 0.3 is 18.2 Å². The normalized spacial score (nSPS) is 8.56. The summed E-state index contributed by atoms with van der Waals surface area (Å²) in [7, 11) is 2.26. The molecule has 0 radical (unpaired) electrons. The molecule has 0 atom stereocenters. The van der Waals surface area contributed by atoms with Crippen LogP contribution in [-0.4, -0.2) is 50.0 Å². The second-order valence-electron chi connectivity index (χ2n) is 2.54. The second-order valence-corrected chi connectivity index (χ2v) is 2.54. The number of ether oxygens (including phenoxy) is 2. The number of methoxy groups -OCH3 is 2. The van der Waals surface area contributed by atoms with Crippen molar-refractivity contribution in [3.63, 3.8) is 0 Å². The van der Waals surface area contributed by atoms with Crippen LogP contribution in [0.2, 0.25) is 0 Å². The highest BCUT2D eigenvalue weighted by molar-refractivity contribution is 5.85. The van der Waals surface area contributed by atoms with Gasteiger partial charge in [-0.3, -0.25) is 15.6 Å². The van der Waals surface area contributed by atoms with E-state index in [9.17, 15) is 14.4 Å². The zero-order chi connectivity index (χ0) is 14.0. The van der Waals surface area contributed by atoms with Crippen LogP contribution in [0.4, 0.5) is 9.59 Å². The van der Waals surface area contributed by atoms with Gasteiger partial charge in [0, 0.05) is 0 Å². The maximum Gasteiger partial charge on any atom is 0.425 e. The molecule has 5 N–H and O–H groups in total. The predicted octanol–water partition coefficient (Wildman–Crippen LogP) is -1.85. The molecule has 0 saturated heterocycles. The highest BCUT2D eigenvalue weighted by Gasteiger charge is 2.05. The molecule has 18 heavy (non-hydrogen) atoms. The molecule has 102 valence electrons. The van der Waals surface area contributed by atoms with Crippen LogP contribution in [0.1, 0.15) is 0 Å². The number of amides is 2. The standard InChI is InChI=1S/C7H13N5O6/c1-17-6(15)11-9-5(8-3-4(13)14)10-12-7(16)18-2/h3H2,1-2H3,(H,11,15)(H,12,16)(H,13,14)(H2,8,9,10). The number of carboxylic acid groups (broad SMARTS) is 1. The van der Waals surface area contributed by atoms with Gasteiger partial charge in [-0.15, -0.1) is 0 Å². The van der Waals surface area contributed by atoms with Crippen LogP contribution in [-0.2, 0) is 14.3 Å². The smallest absolute Gasteiger partial charge is 0.425 e. The van der Waals surface area contributed by atoms with Gasteiger partial charge in [-0.1, -0.05) is 0 Å².